The summed E-state index contributed by atoms with van der Waals surface area (Å²) in [4.78, 5) is 40.2. The fraction of sp³-hybridized carbons (Fsp3) is 0.375. The lowest BCUT2D eigenvalue weighted by molar-refractivity contribution is -0.123. The molecule has 0 aliphatic carbocycles. The molecular formula is C24H26N4O2. The zero-order chi connectivity index (χ0) is 21.1. The van der Waals surface area contributed by atoms with Crippen LogP contribution in [0.3, 0.4) is 0 Å². The van der Waals surface area contributed by atoms with Crippen LogP contribution < -0.4 is 0 Å². The molecule has 4 rings (SSSR count). The molecule has 1 aliphatic rings. The Bertz CT molecular complexity index is 1090. The van der Waals surface area contributed by atoms with Crippen LogP contribution in [0.5, 0.6) is 0 Å². The van der Waals surface area contributed by atoms with E-state index in [0.29, 0.717) is 18.4 Å². The van der Waals surface area contributed by atoms with Gasteiger partial charge < -0.3 is 4.90 Å². The van der Waals surface area contributed by atoms with Gasteiger partial charge in [0.1, 0.15) is 5.78 Å². The minimum Gasteiger partial charge on any atom is -0.306 e. The van der Waals surface area contributed by atoms with Crippen molar-refractivity contribution in [3.05, 3.63) is 54.2 Å². The molecule has 6 nitrogen and oxygen atoms in total. The topological polar surface area (TPSA) is 76.1 Å². The summed E-state index contributed by atoms with van der Waals surface area (Å²) in [5.41, 5.74) is 2.93. The maximum Gasteiger partial charge on any atom is 0.164 e. The third-order valence-corrected chi connectivity index (χ3v) is 5.87. The summed E-state index contributed by atoms with van der Waals surface area (Å²) in [7, 11) is 2.10. The number of ketones is 2. The van der Waals surface area contributed by atoms with E-state index in [2.05, 4.69) is 26.9 Å². The van der Waals surface area contributed by atoms with Crippen molar-refractivity contribution < 1.29 is 9.59 Å². The third-order valence-electron chi connectivity index (χ3n) is 5.87. The highest BCUT2D eigenvalue weighted by molar-refractivity contribution is 5.96. The Morgan fingerprint density at radius 3 is 2.53 bits per heavy atom. The van der Waals surface area contributed by atoms with Gasteiger partial charge in [0.25, 0.3) is 0 Å². The zero-order valence-corrected chi connectivity index (χ0v) is 17.5. The second kappa shape index (κ2) is 8.79. The lowest BCUT2D eigenvalue weighted by Crippen LogP contribution is -2.34. The van der Waals surface area contributed by atoms with Crippen molar-refractivity contribution in [2.45, 2.75) is 32.6 Å². The lowest BCUT2D eigenvalue weighted by Gasteiger charge is -2.27. The molecular weight excluding hydrogens is 376 g/mol. The summed E-state index contributed by atoms with van der Waals surface area (Å²) < 4.78 is 0. The van der Waals surface area contributed by atoms with Gasteiger partial charge in [0.2, 0.25) is 0 Å². The zero-order valence-electron chi connectivity index (χ0n) is 17.5. The number of carbonyl (C=O) groups excluding carboxylic acids is 2. The van der Waals surface area contributed by atoms with Crippen molar-refractivity contribution in [3.8, 4) is 11.3 Å². The maximum atomic E-state index is 12.7. The van der Waals surface area contributed by atoms with E-state index in [9.17, 15) is 9.59 Å². The van der Waals surface area contributed by atoms with E-state index in [1.165, 1.54) is 0 Å². The van der Waals surface area contributed by atoms with E-state index in [0.717, 1.165) is 53.7 Å². The molecule has 0 N–H and O–H groups in total. The van der Waals surface area contributed by atoms with Gasteiger partial charge in [-0.2, -0.15) is 0 Å². The number of aromatic nitrogens is 3. The highest BCUT2D eigenvalue weighted by atomic mass is 16.1. The van der Waals surface area contributed by atoms with Gasteiger partial charge in [0.05, 0.1) is 5.69 Å². The molecule has 154 valence electrons. The van der Waals surface area contributed by atoms with Gasteiger partial charge in [-0.05, 0) is 56.6 Å². The molecule has 30 heavy (non-hydrogen) atoms. The number of pyridine rings is 3. The first-order chi connectivity index (χ1) is 14.5. The standard InChI is InChI=1S/C24H26N4O2/c1-3-23(29)19-8-18(12-25-13-19)22-10-17-9-21(26-14-20(17)15-27-22)11-24(30)16-4-6-28(2)7-5-16/h8-10,12-16H,3-7,11H2,1-2H3. The van der Waals surface area contributed by atoms with Crippen LogP contribution in [0.4, 0.5) is 0 Å². The first kappa shape index (κ1) is 20.3. The Morgan fingerprint density at radius 1 is 1.00 bits per heavy atom. The average molecular weight is 402 g/mol. The number of fused-ring (bicyclic) bond motifs is 1. The monoisotopic (exact) mass is 402 g/mol. The number of rotatable bonds is 6. The molecule has 0 saturated carbocycles. The van der Waals surface area contributed by atoms with Crippen LogP contribution in [0.15, 0.2) is 43.0 Å². The Balaban J connectivity index is 1.57. The van der Waals surface area contributed by atoms with Crippen LogP contribution in [-0.2, 0) is 11.2 Å². The predicted molar refractivity (Wildman–Crippen MR) is 116 cm³/mol. The molecule has 0 unspecified atom stereocenters. The quantitative estimate of drug-likeness (QED) is 0.585. The van der Waals surface area contributed by atoms with E-state index < -0.39 is 0 Å². The summed E-state index contributed by atoms with van der Waals surface area (Å²) in [5.74, 6) is 0.472. The first-order valence-electron chi connectivity index (χ1n) is 10.5. The Morgan fingerprint density at radius 2 is 1.77 bits per heavy atom. The van der Waals surface area contributed by atoms with E-state index in [4.69, 9.17) is 0 Å². The van der Waals surface area contributed by atoms with Crippen molar-refractivity contribution in [1.82, 2.24) is 19.9 Å². The summed E-state index contributed by atoms with van der Waals surface area (Å²) in [6, 6.07) is 5.78. The molecule has 4 heterocycles. The molecule has 0 amide bonds. The van der Waals surface area contributed by atoms with E-state index in [1.54, 1.807) is 24.8 Å². The number of hydrogen-bond acceptors (Lipinski definition) is 6. The van der Waals surface area contributed by atoms with Crippen LogP contribution in [0.1, 0.15) is 42.2 Å². The summed E-state index contributed by atoms with van der Waals surface area (Å²) in [6.45, 7) is 3.79. The summed E-state index contributed by atoms with van der Waals surface area (Å²) in [6.07, 6.45) is 9.51. The van der Waals surface area contributed by atoms with Gasteiger partial charge in [0.15, 0.2) is 5.78 Å². The molecule has 0 radical (unpaired) electrons. The summed E-state index contributed by atoms with van der Waals surface area (Å²) in [5, 5.41) is 1.90. The number of nitrogens with zero attached hydrogens (tertiary/aromatic N) is 4. The van der Waals surface area contributed by atoms with Gasteiger partial charge in [0, 0.05) is 65.8 Å². The molecule has 0 bridgehead atoms. The maximum absolute atomic E-state index is 12.7. The molecule has 0 aromatic carbocycles. The molecule has 3 aromatic rings. The second-order valence-corrected chi connectivity index (χ2v) is 8.05. The van der Waals surface area contributed by atoms with Crippen molar-refractivity contribution in [3.63, 3.8) is 0 Å². The fourth-order valence-electron chi connectivity index (χ4n) is 3.93. The molecule has 0 atom stereocenters. The van der Waals surface area contributed by atoms with E-state index in [-0.39, 0.29) is 17.5 Å². The summed E-state index contributed by atoms with van der Waals surface area (Å²) >= 11 is 0. The minimum atomic E-state index is 0.0593. The highest BCUT2D eigenvalue weighted by Gasteiger charge is 2.23. The Kier molecular flexibility index (Phi) is 5.95. The van der Waals surface area contributed by atoms with Crippen LogP contribution in [0.25, 0.3) is 22.0 Å². The van der Waals surface area contributed by atoms with Crippen molar-refractivity contribution in [2.75, 3.05) is 20.1 Å². The Labute approximate surface area is 176 Å². The molecule has 3 aromatic heterocycles. The Hall–Kier alpha value is -2.99. The van der Waals surface area contributed by atoms with E-state index >= 15 is 0 Å². The fourth-order valence-corrected chi connectivity index (χ4v) is 3.93. The average Bonchev–Trinajstić information content (AvgIpc) is 2.78. The highest BCUT2D eigenvalue weighted by Crippen LogP contribution is 2.24. The number of likely N-dealkylation sites (tertiary alicyclic amines) is 1. The third kappa shape index (κ3) is 4.44. The van der Waals surface area contributed by atoms with Gasteiger partial charge in [-0.15, -0.1) is 0 Å². The van der Waals surface area contributed by atoms with Gasteiger partial charge in [-0.1, -0.05) is 6.92 Å². The number of piperidine rings is 1. The van der Waals surface area contributed by atoms with Crippen LogP contribution >= 0.6 is 0 Å². The van der Waals surface area contributed by atoms with E-state index in [1.807, 2.05) is 25.1 Å². The first-order valence-corrected chi connectivity index (χ1v) is 10.5. The predicted octanol–water partition coefficient (Wildman–Crippen LogP) is 3.74. The molecule has 1 aliphatic heterocycles. The normalized spacial score (nSPS) is 15.4. The SMILES string of the molecule is CCC(=O)c1cncc(-c2cc3cc(CC(=O)C4CCN(C)CC4)ncc3cn2)c1. The number of carbonyl (C=O) groups is 2. The van der Waals surface area contributed by atoms with Crippen molar-refractivity contribution in [1.29, 1.82) is 0 Å². The molecule has 1 fully saturated rings. The van der Waals surface area contributed by atoms with Gasteiger partial charge >= 0.3 is 0 Å². The second-order valence-electron chi connectivity index (χ2n) is 8.05. The van der Waals surface area contributed by atoms with Gasteiger partial charge in [-0.3, -0.25) is 24.5 Å². The number of Topliss-reactive ketones (excluding diaryl/α,β-unsaturated/α-hetero) is 2. The minimum absolute atomic E-state index is 0.0593. The van der Waals surface area contributed by atoms with Gasteiger partial charge in [-0.25, -0.2) is 0 Å². The largest absolute Gasteiger partial charge is 0.306 e. The van der Waals surface area contributed by atoms with Crippen molar-refractivity contribution in [2.24, 2.45) is 5.92 Å². The van der Waals surface area contributed by atoms with Crippen LogP contribution in [0.2, 0.25) is 0 Å². The number of hydrogen-bond donors (Lipinski definition) is 0. The van der Waals surface area contributed by atoms with Crippen molar-refractivity contribution >= 4 is 22.3 Å². The lowest BCUT2D eigenvalue weighted by atomic mass is 9.90. The smallest absolute Gasteiger partial charge is 0.164 e. The molecule has 0 spiro atoms. The molecule has 1 saturated heterocycles. The molecule has 6 heteroatoms. The van der Waals surface area contributed by atoms with Crippen LogP contribution in [0, 0.1) is 5.92 Å². The van der Waals surface area contributed by atoms with Crippen LogP contribution in [-0.4, -0.2) is 51.6 Å².